The maximum absolute atomic E-state index is 11.6. The highest BCUT2D eigenvalue weighted by Gasteiger charge is 2.40. The number of amides is 1. The molecule has 13 heteroatoms. The van der Waals surface area contributed by atoms with Gasteiger partial charge in [-0.05, 0) is 25.1 Å². The lowest BCUT2D eigenvalue weighted by Crippen LogP contribution is -2.48. The second-order valence-corrected chi connectivity index (χ2v) is 10.0. The van der Waals surface area contributed by atoms with Crippen LogP contribution in [0.15, 0.2) is 51.7 Å². The third-order valence-electron chi connectivity index (χ3n) is 6.58. The van der Waals surface area contributed by atoms with Crippen molar-refractivity contribution in [3.05, 3.63) is 52.8 Å². The van der Waals surface area contributed by atoms with Gasteiger partial charge in [-0.25, -0.2) is 25.4 Å². The van der Waals surface area contributed by atoms with Crippen molar-refractivity contribution in [2.45, 2.75) is 24.3 Å². The molecule has 2 aromatic heterocycles. The molecule has 5 rings (SSSR count). The number of carbonyl (C=O) groups excluding carboxylic acids is 1. The minimum absolute atomic E-state index is 0.0331. The van der Waals surface area contributed by atoms with Crippen LogP contribution in [0, 0.1) is 0 Å². The summed E-state index contributed by atoms with van der Waals surface area (Å²) in [5, 5.41) is 11.9. The summed E-state index contributed by atoms with van der Waals surface area (Å²) in [5.41, 5.74) is 2.65. The van der Waals surface area contributed by atoms with Crippen molar-refractivity contribution < 1.29 is 14.7 Å². The first-order chi connectivity index (χ1) is 18.0. The van der Waals surface area contributed by atoms with E-state index in [1.165, 1.54) is 12.4 Å². The number of nitrogens with one attached hydrogen (secondary N) is 2. The minimum Gasteiger partial charge on any atom is -0.378 e. The number of rotatable bonds is 6. The molecule has 1 amide bonds. The number of likely N-dealkylation sites (N-methyl/N-ethyl adjacent to an activating group) is 1. The van der Waals surface area contributed by atoms with E-state index in [2.05, 4.69) is 38.2 Å². The molecule has 1 fully saturated rings. The van der Waals surface area contributed by atoms with Gasteiger partial charge in [-0.1, -0.05) is 0 Å². The van der Waals surface area contributed by atoms with Crippen LogP contribution in [-0.2, 0) is 4.74 Å². The van der Waals surface area contributed by atoms with Crippen molar-refractivity contribution in [1.82, 2.24) is 25.3 Å². The molecule has 3 atom stereocenters. The molecule has 37 heavy (non-hydrogen) atoms. The summed E-state index contributed by atoms with van der Waals surface area (Å²) in [6, 6.07) is 3.81. The van der Waals surface area contributed by atoms with Crippen molar-refractivity contribution in [2.24, 2.45) is 9.98 Å². The molecule has 1 saturated heterocycles. The van der Waals surface area contributed by atoms with E-state index in [-0.39, 0.29) is 22.9 Å². The lowest BCUT2D eigenvalue weighted by atomic mass is 10.1. The smallest absolute Gasteiger partial charge is 0.277 e. The van der Waals surface area contributed by atoms with E-state index in [0.29, 0.717) is 25.0 Å². The van der Waals surface area contributed by atoms with Crippen molar-refractivity contribution in [1.29, 1.82) is 0 Å². The number of morpholine rings is 1. The Morgan fingerprint density at radius 1 is 1.22 bits per heavy atom. The Labute approximate surface area is 218 Å². The summed E-state index contributed by atoms with van der Waals surface area (Å²) >= 11 is 1.76. The number of ether oxygens (including phenoxy) is 1. The highest BCUT2D eigenvalue weighted by atomic mass is 32.2. The second-order valence-electron chi connectivity index (χ2n) is 8.80. The first-order valence-electron chi connectivity index (χ1n) is 12.0. The molecule has 0 radical (unpaired) electrons. The number of hydroxylamine groups is 1. The number of aromatic nitrogens is 3. The molecule has 5 heterocycles. The van der Waals surface area contributed by atoms with Gasteiger partial charge in [0, 0.05) is 56.2 Å². The average Bonchev–Trinajstić information content (AvgIpc) is 3.40. The van der Waals surface area contributed by atoms with E-state index in [1.807, 2.05) is 31.1 Å². The lowest BCUT2D eigenvalue weighted by molar-refractivity contribution is 0.0672. The van der Waals surface area contributed by atoms with Gasteiger partial charge >= 0.3 is 0 Å². The van der Waals surface area contributed by atoms with E-state index in [1.54, 1.807) is 23.4 Å². The van der Waals surface area contributed by atoms with Gasteiger partial charge in [0.15, 0.2) is 5.84 Å². The van der Waals surface area contributed by atoms with Gasteiger partial charge in [-0.15, -0.1) is 11.8 Å². The average molecular weight is 524 g/mol. The Hall–Kier alpha value is -3.55. The van der Waals surface area contributed by atoms with Crippen molar-refractivity contribution >= 4 is 41.1 Å². The van der Waals surface area contributed by atoms with E-state index in [9.17, 15) is 4.79 Å². The first-order valence-corrected chi connectivity index (χ1v) is 12.9. The van der Waals surface area contributed by atoms with Crippen molar-refractivity contribution in [2.75, 3.05) is 50.6 Å². The molecule has 12 nitrogen and oxygen atoms in total. The maximum atomic E-state index is 11.6. The molecule has 3 N–H and O–H groups in total. The molecular formula is C24H29N9O3S. The number of anilines is 2. The molecule has 0 aromatic carbocycles. The third kappa shape index (κ3) is 5.15. The third-order valence-corrected chi connectivity index (χ3v) is 8.07. The number of nitrogens with zero attached hydrogens (tertiary/aromatic N) is 7. The molecule has 194 valence electrons. The molecule has 2 aromatic rings. The van der Waals surface area contributed by atoms with Crippen LogP contribution >= 0.6 is 11.8 Å². The molecule has 0 aliphatic carbocycles. The number of hydrogen-bond acceptors (Lipinski definition) is 12. The molecule has 3 aliphatic heterocycles. The van der Waals surface area contributed by atoms with Crippen LogP contribution in [0.3, 0.4) is 0 Å². The van der Waals surface area contributed by atoms with Crippen LogP contribution in [0.5, 0.6) is 0 Å². The fraction of sp³-hybridized carbons (Fsp3) is 0.417. The van der Waals surface area contributed by atoms with Gasteiger partial charge in [-0.2, -0.15) is 0 Å². The monoisotopic (exact) mass is 523 g/mol. The van der Waals surface area contributed by atoms with E-state index >= 15 is 0 Å². The van der Waals surface area contributed by atoms with Gasteiger partial charge < -0.3 is 19.9 Å². The Morgan fingerprint density at radius 3 is 2.62 bits per heavy atom. The zero-order valence-electron chi connectivity index (χ0n) is 20.8. The SMILES string of the molecule is CNc1ccc(C2=NC3C=C([C@@H](C)N(C)c4ncc(C(=O)NO)cn4)SC3C(N3CCOCC3)=N2)cn1. The van der Waals surface area contributed by atoms with Gasteiger partial charge in [0.2, 0.25) is 5.95 Å². The number of hydrogen-bond donors (Lipinski definition) is 3. The largest absolute Gasteiger partial charge is 0.378 e. The first kappa shape index (κ1) is 25.1. The summed E-state index contributed by atoms with van der Waals surface area (Å²) in [6.45, 7) is 5.02. The normalized spacial score (nSPS) is 21.8. The molecule has 0 spiro atoms. The zero-order chi connectivity index (χ0) is 25.9. The Morgan fingerprint density at radius 2 is 1.97 bits per heavy atom. The van der Waals surface area contributed by atoms with Crippen LogP contribution in [0.25, 0.3) is 0 Å². The van der Waals surface area contributed by atoms with Crippen LogP contribution in [0.2, 0.25) is 0 Å². The topological polar surface area (TPSA) is 140 Å². The zero-order valence-corrected chi connectivity index (χ0v) is 21.6. The number of carbonyl (C=O) groups is 1. The van der Waals surface area contributed by atoms with Crippen LogP contribution in [0.1, 0.15) is 22.8 Å². The quantitative estimate of drug-likeness (QED) is 0.376. The number of aliphatic imine (C=N–C) groups is 2. The van der Waals surface area contributed by atoms with Crippen molar-refractivity contribution in [3.8, 4) is 0 Å². The highest BCUT2D eigenvalue weighted by Crippen LogP contribution is 2.41. The number of thioether (sulfide) groups is 1. The predicted molar refractivity (Wildman–Crippen MR) is 143 cm³/mol. The van der Waals surface area contributed by atoms with Gasteiger partial charge in [0.25, 0.3) is 5.91 Å². The summed E-state index contributed by atoms with van der Waals surface area (Å²) in [5.74, 6) is 2.30. The summed E-state index contributed by atoms with van der Waals surface area (Å²) < 4.78 is 5.59. The summed E-state index contributed by atoms with van der Waals surface area (Å²) in [7, 11) is 3.75. The Kier molecular flexibility index (Phi) is 7.35. The fourth-order valence-electron chi connectivity index (χ4n) is 4.31. The van der Waals surface area contributed by atoms with E-state index < -0.39 is 5.91 Å². The standard InChI is InChI=1S/C24H29N9O3S/c1-14(32(3)24-27-12-16(13-28-24)23(34)31-35)18-10-17-20(37-18)22(33-6-8-36-9-7-33)30-21(29-17)15-4-5-19(25-2)26-11-15/h4-5,10-14,17,20,35H,6-9H2,1-3H3,(H,25,26)(H,31,34)/t14-,17?,20?/m1/s1. The lowest BCUT2D eigenvalue weighted by Gasteiger charge is -2.35. The predicted octanol–water partition coefficient (Wildman–Crippen LogP) is 1.42. The molecule has 0 bridgehead atoms. The fourth-order valence-corrected chi connectivity index (χ4v) is 5.76. The Balaban J connectivity index is 1.41. The van der Waals surface area contributed by atoms with Gasteiger partial charge in [0.1, 0.15) is 11.7 Å². The van der Waals surface area contributed by atoms with Gasteiger partial charge in [0.05, 0.1) is 36.1 Å². The molecular weight excluding hydrogens is 494 g/mol. The second kappa shape index (κ2) is 10.8. The van der Waals surface area contributed by atoms with Crippen LogP contribution in [0.4, 0.5) is 11.8 Å². The molecule has 3 aliphatic rings. The van der Waals surface area contributed by atoms with Crippen LogP contribution in [-0.4, -0.2) is 100 Å². The van der Waals surface area contributed by atoms with E-state index in [0.717, 1.165) is 35.2 Å². The highest BCUT2D eigenvalue weighted by molar-refractivity contribution is 8.04. The minimum atomic E-state index is -0.653. The number of amidine groups is 2. The van der Waals surface area contributed by atoms with Crippen molar-refractivity contribution in [3.63, 3.8) is 0 Å². The van der Waals surface area contributed by atoms with E-state index in [4.69, 9.17) is 19.9 Å². The van der Waals surface area contributed by atoms with Gasteiger partial charge in [-0.3, -0.25) is 15.0 Å². The Bertz CT molecular complexity index is 1230. The summed E-state index contributed by atoms with van der Waals surface area (Å²) in [4.78, 5) is 40.1. The molecule has 2 unspecified atom stereocenters. The number of pyridine rings is 1. The summed E-state index contributed by atoms with van der Waals surface area (Å²) in [6.07, 6.45) is 6.78. The van der Waals surface area contributed by atoms with Crippen LogP contribution < -0.4 is 15.7 Å². The number of fused-ring (bicyclic) bond motifs is 1. The molecule has 0 saturated carbocycles. The maximum Gasteiger partial charge on any atom is 0.277 e.